The van der Waals surface area contributed by atoms with Crippen LogP contribution >= 0.6 is 23.2 Å². The molecule has 2 aromatic carbocycles. The number of aromatic nitrogens is 5. The van der Waals surface area contributed by atoms with Gasteiger partial charge in [0.15, 0.2) is 5.75 Å². The Morgan fingerprint density at radius 3 is 2.39 bits per heavy atom. The molecule has 0 aliphatic carbocycles. The van der Waals surface area contributed by atoms with E-state index in [1.54, 1.807) is 12.1 Å². The predicted molar refractivity (Wildman–Crippen MR) is 114 cm³/mol. The number of nitrogen functional groups attached to an aromatic ring is 1. The molecule has 0 spiro atoms. The highest BCUT2D eigenvalue weighted by Crippen LogP contribution is 2.39. The molecule has 10 nitrogen and oxygen atoms in total. The number of nitrogens with one attached hydrogen (secondary N) is 1. The lowest BCUT2D eigenvalue weighted by atomic mass is 10.1. The fraction of sp³-hybridized carbons (Fsp3) is 0. The molecule has 31 heavy (non-hydrogen) atoms. The first-order chi connectivity index (χ1) is 14.8. The van der Waals surface area contributed by atoms with Gasteiger partial charge >= 0.3 is 5.69 Å². The first kappa shape index (κ1) is 20.4. The van der Waals surface area contributed by atoms with Gasteiger partial charge in [-0.2, -0.15) is 4.68 Å². The molecule has 0 fully saturated rings. The van der Waals surface area contributed by atoms with Gasteiger partial charge in [-0.05, 0) is 17.7 Å². The Morgan fingerprint density at radius 2 is 1.71 bits per heavy atom. The van der Waals surface area contributed by atoms with Crippen LogP contribution in [0.15, 0.2) is 58.1 Å². The summed E-state index contributed by atoms with van der Waals surface area (Å²) in [6.07, 6.45) is 0. The molecular formula is C19H12Cl2N6O4. The number of aromatic hydroxyl groups is 1. The van der Waals surface area contributed by atoms with E-state index in [0.717, 1.165) is 4.68 Å². The molecule has 4 rings (SSSR count). The topological polar surface area (TPSA) is 149 Å². The molecule has 2 heterocycles. The van der Waals surface area contributed by atoms with Gasteiger partial charge in [-0.1, -0.05) is 53.5 Å². The molecule has 0 atom stereocenters. The third-order valence-electron chi connectivity index (χ3n) is 4.12. The first-order valence-corrected chi connectivity index (χ1v) is 9.37. The molecule has 0 radical (unpaired) electrons. The molecule has 0 saturated carbocycles. The molecule has 0 unspecified atom stereocenters. The zero-order valence-electron chi connectivity index (χ0n) is 15.4. The molecule has 12 heteroatoms. The van der Waals surface area contributed by atoms with Crippen molar-refractivity contribution in [2.45, 2.75) is 0 Å². The number of benzene rings is 2. The van der Waals surface area contributed by atoms with Gasteiger partial charge < -0.3 is 15.6 Å². The van der Waals surface area contributed by atoms with Gasteiger partial charge in [-0.25, -0.2) is 4.79 Å². The molecule has 0 amide bonds. The molecule has 0 saturated heterocycles. The maximum absolute atomic E-state index is 12.0. The van der Waals surface area contributed by atoms with Gasteiger partial charge in [0, 0.05) is 6.07 Å². The van der Waals surface area contributed by atoms with Crippen molar-refractivity contribution in [1.29, 1.82) is 0 Å². The van der Waals surface area contributed by atoms with Gasteiger partial charge in [0.05, 0.1) is 21.3 Å². The van der Waals surface area contributed by atoms with E-state index < -0.39 is 17.1 Å². The number of hydrogen-bond acceptors (Lipinski definition) is 8. The fourth-order valence-corrected chi connectivity index (χ4v) is 3.26. The molecule has 4 N–H and O–H groups in total. The van der Waals surface area contributed by atoms with Gasteiger partial charge in [0.25, 0.3) is 5.56 Å². The third-order valence-corrected chi connectivity index (χ3v) is 4.69. The van der Waals surface area contributed by atoms with Gasteiger partial charge in [0.2, 0.25) is 17.6 Å². The van der Waals surface area contributed by atoms with Crippen molar-refractivity contribution in [1.82, 2.24) is 25.0 Å². The number of nitrogens with two attached hydrogens (primary N) is 1. The van der Waals surface area contributed by atoms with Crippen molar-refractivity contribution in [3.05, 3.63) is 79.4 Å². The lowest BCUT2D eigenvalue weighted by Gasteiger charge is -2.12. The predicted octanol–water partition coefficient (Wildman–Crippen LogP) is 2.76. The summed E-state index contributed by atoms with van der Waals surface area (Å²) in [7, 11) is 0. The third kappa shape index (κ3) is 4.06. The maximum Gasteiger partial charge on any atom is 0.349 e. The molecular weight excluding hydrogens is 447 g/mol. The summed E-state index contributed by atoms with van der Waals surface area (Å²) >= 11 is 12.6. The van der Waals surface area contributed by atoms with Crippen molar-refractivity contribution in [2.75, 3.05) is 5.73 Å². The monoisotopic (exact) mass is 458 g/mol. The number of rotatable bonds is 4. The van der Waals surface area contributed by atoms with Crippen LogP contribution < -0.4 is 21.7 Å². The molecule has 156 valence electrons. The maximum atomic E-state index is 12.0. The van der Waals surface area contributed by atoms with E-state index in [2.05, 4.69) is 15.3 Å². The van der Waals surface area contributed by atoms with E-state index in [1.807, 2.05) is 23.2 Å². The van der Waals surface area contributed by atoms with Crippen LogP contribution in [-0.2, 0) is 0 Å². The van der Waals surface area contributed by atoms with Crippen LogP contribution in [0.25, 0.3) is 16.8 Å². The fourth-order valence-electron chi connectivity index (χ4n) is 2.71. The highest BCUT2D eigenvalue weighted by atomic mass is 35.5. The first-order valence-electron chi connectivity index (χ1n) is 8.62. The van der Waals surface area contributed by atoms with Crippen LogP contribution in [0.4, 0.5) is 5.82 Å². The Bertz CT molecular complexity index is 1380. The van der Waals surface area contributed by atoms with E-state index in [1.165, 1.54) is 18.2 Å². The van der Waals surface area contributed by atoms with Crippen molar-refractivity contribution < 1.29 is 9.84 Å². The highest BCUT2D eigenvalue weighted by molar-refractivity contribution is 6.37. The van der Waals surface area contributed by atoms with E-state index >= 15 is 0 Å². The van der Waals surface area contributed by atoms with E-state index in [0.29, 0.717) is 11.1 Å². The van der Waals surface area contributed by atoms with Crippen LogP contribution in [0.1, 0.15) is 0 Å². The largest absolute Gasteiger partial charge is 0.492 e. The minimum atomic E-state index is -0.822. The Kier molecular flexibility index (Phi) is 5.32. The molecule has 2 aromatic heterocycles. The highest BCUT2D eigenvalue weighted by Gasteiger charge is 2.16. The summed E-state index contributed by atoms with van der Waals surface area (Å²) in [5.74, 6) is -0.611. The van der Waals surface area contributed by atoms with Crippen LogP contribution in [-0.4, -0.2) is 30.1 Å². The number of ether oxygens (including phenoxy) is 1. The Labute approximate surface area is 183 Å². The number of halogens is 2. The minimum Gasteiger partial charge on any atom is -0.492 e. The number of hydrogen-bond donors (Lipinski definition) is 3. The Balaban J connectivity index is 1.72. The van der Waals surface area contributed by atoms with E-state index in [-0.39, 0.29) is 33.2 Å². The van der Waals surface area contributed by atoms with E-state index in [4.69, 9.17) is 33.7 Å². The summed E-state index contributed by atoms with van der Waals surface area (Å²) in [6, 6.07) is 13.2. The molecule has 0 aliphatic rings. The summed E-state index contributed by atoms with van der Waals surface area (Å²) in [5.41, 5.74) is 5.09. The summed E-state index contributed by atoms with van der Waals surface area (Å²) < 4.78 is 6.52. The van der Waals surface area contributed by atoms with Crippen molar-refractivity contribution in [2.24, 2.45) is 0 Å². The van der Waals surface area contributed by atoms with Crippen LogP contribution in [0.2, 0.25) is 10.0 Å². The minimum absolute atomic E-state index is 0.0248. The van der Waals surface area contributed by atoms with Crippen LogP contribution in [0.3, 0.4) is 0 Å². The molecule has 0 bridgehead atoms. The summed E-state index contributed by atoms with van der Waals surface area (Å²) in [6.45, 7) is 0. The smallest absolute Gasteiger partial charge is 0.349 e. The van der Waals surface area contributed by atoms with Crippen molar-refractivity contribution in [3.63, 3.8) is 0 Å². The number of anilines is 1. The average molecular weight is 459 g/mol. The quantitative estimate of drug-likeness (QED) is 0.422. The van der Waals surface area contributed by atoms with Gasteiger partial charge in [0.1, 0.15) is 0 Å². The number of H-pyrrole nitrogens is 1. The standard InChI is InChI=1S/C19H12Cl2N6O4/c20-12-6-10(27-19(30)23-18(29)16(22)26-27)7-13(21)15(12)31-14-8-11(17(28)25-24-14)9-4-2-1-3-5-9/h1-8H,(H2,22,26)(H,25,28)(H,23,29,30). The second kappa shape index (κ2) is 8.09. The number of nitrogens with zero attached hydrogens (tertiary/aromatic N) is 4. The number of aromatic amines is 1. The van der Waals surface area contributed by atoms with Gasteiger partial charge in [-0.15, -0.1) is 15.3 Å². The van der Waals surface area contributed by atoms with Crippen LogP contribution in [0.5, 0.6) is 17.5 Å². The normalized spacial score (nSPS) is 10.8. The van der Waals surface area contributed by atoms with Gasteiger partial charge in [-0.3, -0.25) is 9.78 Å². The second-order valence-corrected chi connectivity index (χ2v) is 7.00. The van der Waals surface area contributed by atoms with E-state index in [9.17, 15) is 14.7 Å². The second-order valence-electron chi connectivity index (χ2n) is 6.18. The SMILES string of the molecule is Nc1nn(-c2cc(Cl)c(Oc3cc(-c4ccccc4)c(O)nn3)c(Cl)c2)c(=O)[nH]c1=O. The summed E-state index contributed by atoms with van der Waals surface area (Å²) in [4.78, 5) is 25.5. The Morgan fingerprint density at radius 1 is 1.03 bits per heavy atom. The lowest BCUT2D eigenvalue weighted by Crippen LogP contribution is -2.33. The van der Waals surface area contributed by atoms with Crippen molar-refractivity contribution in [3.8, 4) is 34.3 Å². The zero-order valence-corrected chi connectivity index (χ0v) is 16.9. The van der Waals surface area contributed by atoms with Crippen LogP contribution in [0, 0.1) is 0 Å². The molecule has 4 aromatic rings. The average Bonchev–Trinajstić information content (AvgIpc) is 2.75. The summed E-state index contributed by atoms with van der Waals surface area (Å²) in [5, 5.41) is 21.3. The zero-order chi connectivity index (χ0) is 22.1. The van der Waals surface area contributed by atoms with Crippen molar-refractivity contribution >= 4 is 29.0 Å². The lowest BCUT2D eigenvalue weighted by molar-refractivity contribution is 0.422. The Hall–Kier alpha value is -3.89. The molecule has 0 aliphatic heterocycles.